The van der Waals surface area contributed by atoms with Crippen molar-refractivity contribution in [2.45, 2.75) is 19.1 Å². The van der Waals surface area contributed by atoms with Crippen LogP contribution in [0.2, 0.25) is 0 Å². The molecule has 1 aromatic carbocycles. The first-order valence-corrected chi connectivity index (χ1v) is 5.13. The van der Waals surface area contributed by atoms with Crippen molar-refractivity contribution < 1.29 is 4.74 Å². The standard InChI is InChI=1S/C11H18B2O/c1-8(2)11(12,13)9-4-6-10(14-3)7-5-9/h4-8H,12-13H2,1-3H3. The average Bonchev–Trinajstić information content (AvgIpc) is 2.17. The van der Waals surface area contributed by atoms with Gasteiger partial charge in [-0.2, -0.15) is 0 Å². The quantitative estimate of drug-likeness (QED) is 0.636. The maximum atomic E-state index is 5.14. The van der Waals surface area contributed by atoms with Crippen molar-refractivity contribution in [1.29, 1.82) is 0 Å². The van der Waals surface area contributed by atoms with Crippen molar-refractivity contribution in [2.24, 2.45) is 5.92 Å². The van der Waals surface area contributed by atoms with Gasteiger partial charge in [0.15, 0.2) is 0 Å². The van der Waals surface area contributed by atoms with Gasteiger partial charge in [-0.1, -0.05) is 42.7 Å². The van der Waals surface area contributed by atoms with Gasteiger partial charge in [-0.3, -0.25) is 0 Å². The van der Waals surface area contributed by atoms with E-state index in [-0.39, 0.29) is 5.21 Å². The summed E-state index contributed by atoms with van der Waals surface area (Å²) in [6, 6.07) is 8.36. The molecule has 0 saturated heterocycles. The van der Waals surface area contributed by atoms with E-state index < -0.39 is 0 Å². The topological polar surface area (TPSA) is 9.23 Å². The zero-order chi connectivity index (χ0) is 10.8. The monoisotopic (exact) mass is 188 g/mol. The van der Waals surface area contributed by atoms with Crippen LogP contribution in [0, 0.1) is 5.92 Å². The second-order valence-electron chi connectivity index (χ2n) is 4.60. The zero-order valence-corrected chi connectivity index (χ0v) is 9.79. The molecule has 0 unspecified atom stereocenters. The molecule has 3 heteroatoms. The number of methoxy groups -OCH3 is 1. The second kappa shape index (κ2) is 4.12. The molecule has 0 aliphatic carbocycles. The van der Waals surface area contributed by atoms with E-state index in [0.717, 1.165) is 5.75 Å². The van der Waals surface area contributed by atoms with E-state index in [2.05, 4.69) is 41.7 Å². The predicted molar refractivity (Wildman–Crippen MR) is 66.6 cm³/mol. The Bertz CT molecular complexity index is 291. The highest BCUT2D eigenvalue weighted by molar-refractivity contribution is 6.40. The number of benzene rings is 1. The van der Waals surface area contributed by atoms with E-state index in [9.17, 15) is 0 Å². The normalized spacial score (nSPS) is 11.7. The van der Waals surface area contributed by atoms with Gasteiger partial charge in [0.25, 0.3) is 0 Å². The number of rotatable bonds is 3. The molecule has 0 N–H and O–H groups in total. The maximum Gasteiger partial charge on any atom is 0.118 e. The molecule has 0 aromatic heterocycles. The van der Waals surface area contributed by atoms with E-state index in [0.29, 0.717) is 5.92 Å². The molecule has 0 heterocycles. The molecule has 0 amide bonds. The number of hydrogen-bond donors (Lipinski definition) is 0. The molecular weight excluding hydrogens is 170 g/mol. The van der Waals surface area contributed by atoms with Crippen molar-refractivity contribution in [1.82, 2.24) is 0 Å². The SMILES string of the molecule is BC(B)(c1ccc(OC)cc1)C(C)C. The van der Waals surface area contributed by atoms with Crippen LogP contribution in [0.5, 0.6) is 5.75 Å². The first kappa shape index (κ1) is 11.2. The highest BCUT2D eigenvalue weighted by Crippen LogP contribution is 2.26. The third-order valence-corrected chi connectivity index (χ3v) is 3.28. The Kier molecular flexibility index (Phi) is 3.30. The van der Waals surface area contributed by atoms with E-state index in [4.69, 9.17) is 4.74 Å². The summed E-state index contributed by atoms with van der Waals surface area (Å²) in [5, 5.41) is 0.228. The van der Waals surface area contributed by atoms with Gasteiger partial charge < -0.3 is 4.74 Å². The van der Waals surface area contributed by atoms with Crippen molar-refractivity contribution in [2.75, 3.05) is 7.11 Å². The van der Waals surface area contributed by atoms with Crippen molar-refractivity contribution in [3.63, 3.8) is 0 Å². The molecule has 1 rings (SSSR count). The molecule has 0 atom stereocenters. The van der Waals surface area contributed by atoms with Gasteiger partial charge in [-0.25, -0.2) is 0 Å². The minimum atomic E-state index is 0.228. The van der Waals surface area contributed by atoms with Gasteiger partial charge in [-0.15, -0.1) is 0 Å². The van der Waals surface area contributed by atoms with Crippen LogP contribution in [-0.2, 0) is 5.21 Å². The van der Waals surface area contributed by atoms with Gasteiger partial charge in [0.05, 0.1) is 7.11 Å². The van der Waals surface area contributed by atoms with E-state index in [1.165, 1.54) is 5.56 Å². The van der Waals surface area contributed by atoms with Gasteiger partial charge in [-0.05, 0) is 12.1 Å². The van der Waals surface area contributed by atoms with Crippen LogP contribution in [0.3, 0.4) is 0 Å². The fourth-order valence-corrected chi connectivity index (χ4v) is 1.35. The Morgan fingerprint density at radius 2 is 1.64 bits per heavy atom. The van der Waals surface area contributed by atoms with Gasteiger partial charge in [0.2, 0.25) is 0 Å². The Morgan fingerprint density at radius 3 is 2.00 bits per heavy atom. The molecule has 1 nitrogen and oxygen atoms in total. The van der Waals surface area contributed by atoms with Crippen LogP contribution < -0.4 is 4.74 Å². The van der Waals surface area contributed by atoms with Crippen molar-refractivity contribution in [3.05, 3.63) is 29.8 Å². The average molecular weight is 188 g/mol. The van der Waals surface area contributed by atoms with Gasteiger partial charge >= 0.3 is 0 Å². The molecule has 0 aliphatic rings. The molecular formula is C11H18B2O. The Labute approximate surface area is 88.7 Å². The summed E-state index contributed by atoms with van der Waals surface area (Å²) in [6.45, 7) is 4.51. The predicted octanol–water partition coefficient (Wildman–Crippen LogP) is 0.770. The first-order valence-electron chi connectivity index (χ1n) is 5.13. The van der Waals surface area contributed by atoms with Crippen LogP contribution in [-0.4, -0.2) is 22.8 Å². The number of hydrogen-bond acceptors (Lipinski definition) is 1. The summed E-state index contributed by atoms with van der Waals surface area (Å²) in [7, 11) is 6.25. The molecule has 14 heavy (non-hydrogen) atoms. The number of ether oxygens (including phenoxy) is 1. The van der Waals surface area contributed by atoms with Crippen molar-refractivity contribution in [3.8, 4) is 5.75 Å². The fraction of sp³-hybridized carbons (Fsp3) is 0.455. The van der Waals surface area contributed by atoms with Crippen molar-refractivity contribution >= 4 is 15.7 Å². The lowest BCUT2D eigenvalue weighted by atomic mass is 9.46. The second-order valence-corrected chi connectivity index (χ2v) is 4.60. The van der Waals surface area contributed by atoms with Gasteiger partial charge in [0, 0.05) is 0 Å². The highest BCUT2D eigenvalue weighted by atomic mass is 16.5. The summed E-state index contributed by atoms with van der Waals surface area (Å²) in [5.41, 5.74) is 1.37. The molecule has 0 bridgehead atoms. The smallest absolute Gasteiger partial charge is 0.118 e. The van der Waals surface area contributed by atoms with Crippen LogP contribution in [0.25, 0.3) is 0 Å². The summed E-state index contributed by atoms with van der Waals surface area (Å²) in [5.74, 6) is 1.56. The molecule has 0 saturated carbocycles. The lowest BCUT2D eigenvalue weighted by Crippen LogP contribution is -2.33. The van der Waals surface area contributed by atoms with E-state index in [1.54, 1.807) is 7.11 Å². The summed E-state index contributed by atoms with van der Waals surface area (Å²) in [6.07, 6.45) is 0. The molecule has 0 spiro atoms. The first-order chi connectivity index (χ1) is 6.48. The summed E-state index contributed by atoms with van der Waals surface area (Å²) < 4.78 is 5.14. The highest BCUT2D eigenvalue weighted by Gasteiger charge is 2.24. The summed E-state index contributed by atoms with van der Waals surface area (Å²) in [4.78, 5) is 0. The fourth-order valence-electron chi connectivity index (χ4n) is 1.35. The molecule has 0 aliphatic heterocycles. The molecule has 74 valence electrons. The maximum absolute atomic E-state index is 5.14. The Hall–Kier alpha value is -0.850. The molecule has 1 aromatic rings. The largest absolute Gasteiger partial charge is 0.497 e. The lowest BCUT2D eigenvalue weighted by Gasteiger charge is -2.30. The van der Waals surface area contributed by atoms with Crippen LogP contribution >= 0.6 is 0 Å². The van der Waals surface area contributed by atoms with Crippen LogP contribution in [0.4, 0.5) is 0 Å². The molecule has 0 fully saturated rings. The van der Waals surface area contributed by atoms with Gasteiger partial charge in [0.1, 0.15) is 21.4 Å². The molecule has 0 radical (unpaired) electrons. The minimum absolute atomic E-state index is 0.228. The van der Waals surface area contributed by atoms with E-state index >= 15 is 0 Å². The lowest BCUT2D eigenvalue weighted by molar-refractivity contribution is 0.414. The third-order valence-electron chi connectivity index (χ3n) is 3.28. The summed E-state index contributed by atoms with van der Waals surface area (Å²) >= 11 is 0. The third kappa shape index (κ3) is 2.14. The zero-order valence-electron chi connectivity index (χ0n) is 9.79. The minimum Gasteiger partial charge on any atom is -0.497 e. The van der Waals surface area contributed by atoms with Crippen LogP contribution in [0.1, 0.15) is 19.4 Å². The Morgan fingerprint density at radius 1 is 1.14 bits per heavy atom. The Balaban J connectivity index is 2.97. The van der Waals surface area contributed by atoms with Crippen LogP contribution in [0.15, 0.2) is 24.3 Å². The van der Waals surface area contributed by atoms with E-state index in [1.807, 2.05) is 12.1 Å².